The van der Waals surface area contributed by atoms with Crippen LogP contribution in [0.5, 0.6) is 0 Å². The van der Waals surface area contributed by atoms with Gasteiger partial charge < -0.3 is 4.90 Å². The summed E-state index contributed by atoms with van der Waals surface area (Å²) in [6.07, 6.45) is 0. The maximum absolute atomic E-state index is 2.44. The molecular weight excluding hydrogens is 374 g/mol. The predicted molar refractivity (Wildman–Crippen MR) is 132 cm³/mol. The third-order valence-electron chi connectivity index (χ3n) is 5.75. The predicted octanol–water partition coefficient (Wildman–Crippen LogP) is 7.71. The van der Waals surface area contributed by atoms with Crippen LogP contribution in [0.3, 0.4) is 0 Å². The van der Waals surface area contributed by atoms with Crippen molar-refractivity contribution in [2.24, 2.45) is 0 Å². The molecule has 5 aromatic rings. The van der Waals surface area contributed by atoms with E-state index in [1.165, 1.54) is 38.7 Å². The molecule has 31 heavy (non-hydrogen) atoms. The van der Waals surface area contributed by atoms with E-state index in [1.807, 2.05) is 0 Å². The second kappa shape index (κ2) is 8.89. The Hall–Kier alpha value is -3.84. The summed E-state index contributed by atoms with van der Waals surface area (Å²) >= 11 is 0. The molecule has 1 nitrogen and oxygen atoms in total. The van der Waals surface area contributed by atoms with Gasteiger partial charge in [0.25, 0.3) is 0 Å². The highest BCUT2D eigenvalue weighted by molar-refractivity contribution is 5.87. The van der Waals surface area contributed by atoms with E-state index in [0.29, 0.717) is 0 Å². The molecule has 0 fully saturated rings. The SMILES string of the molecule is c1ccc(CN(Cc2ccccc2)c2ccc(-c3ccc4ccccc4c3)cc2)cc1. The van der Waals surface area contributed by atoms with Gasteiger partial charge in [0.05, 0.1) is 0 Å². The smallest absolute Gasteiger partial charge is 0.0433 e. The average Bonchev–Trinajstić information content (AvgIpc) is 2.85. The molecule has 0 aliphatic heterocycles. The van der Waals surface area contributed by atoms with Crippen LogP contribution in [0.25, 0.3) is 21.9 Å². The molecule has 0 spiro atoms. The molecule has 0 saturated heterocycles. The fourth-order valence-corrected chi connectivity index (χ4v) is 4.08. The van der Waals surface area contributed by atoms with Gasteiger partial charge in [-0.3, -0.25) is 0 Å². The van der Waals surface area contributed by atoms with Crippen molar-refractivity contribution in [2.45, 2.75) is 13.1 Å². The van der Waals surface area contributed by atoms with Crippen LogP contribution in [-0.4, -0.2) is 0 Å². The molecular formula is C30H25N. The maximum Gasteiger partial charge on any atom is 0.0433 e. The first kappa shape index (κ1) is 19.1. The monoisotopic (exact) mass is 399 g/mol. The number of anilines is 1. The van der Waals surface area contributed by atoms with Crippen LogP contribution in [-0.2, 0) is 13.1 Å². The van der Waals surface area contributed by atoms with Crippen molar-refractivity contribution in [1.82, 2.24) is 0 Å². The van der Waals surface area contributed by atoms with Gasteiger partial charge in [-0.15, -0.1) is 0 Å². The van der Waals surface area contributed by atoms with Crippen molar-refractivity contribution in [3.05, 3.63) is 139 Å². The second-order valence-corrected chi connectivity index (χ2v) is 7.94. The van der Waals surface area contributed by atoms with E-state index < -0.39 is 0 Å². The van der Waals surface area contributed by atoms with E-state index in [4.69, 9.17) is 0 Å². The Bertz CT molecular complexity index is 1220. The van der Waals surface area contributed by atoms with E-state index in [-0.39, 0.29) is 0 Å². The lowest BCUT2D eigenvalue weighted by atomic mass is 10.0. The number of fused-ring (bicyclic) bond motifs is 1. The number of hydrogen-bond donors (Lipinski definition) is 0. The minimum absolute atomic E-state index is 0.880. The van der Waals surface area contributed by atoms with Crippen LogP contribution in [0.15, 0.2) is 127 Å². The lowest BCUT2D eigenvalue weighted by Gasteiger charge is -2.25. The van der Waals surface area contributed by atoms with Gasteiger partial charge in [0.1, 0.15) is 0 Å². The summed E-state index contributed by atoms with van der Waals surface area (Å²) < 4.78 is 0. The first-order valence-electron chi connectivity index (χ1n) is 10.8. The number of nitrogens with zero attached hydrogens (tertiary/aromatic N) is 1. The molecule has 0 saturated carbocycles. The van der Waals surface area contributed by atoms with Crippen LogP contribution < -0.4 is 4.90 Å². The lowest BCUT2D eigenvalue weighted by Crippen LogP contribution is -2.22. The van der Waals surface area contributed by atoms with Crippen LogP contribution in [0, 0.1) is 0 Å². The standard InChI is InChI=1S/C30H25N/c1-3-9-24(10-4-1)22-31(23-25-11-5-2-6-12-25)30-19-17-27(18-20-30)29-16-15-26-13-7-8-14-28(26)21-29/h1-21H,22-23H2. The summed E-state index contributed by atoms with van der Waals surface area (Å²) in [5.74, 6) is 0. The Balaban J connectivity index is 1.44. The fourth-order valence-electron chi connectivity index (χ4n) is 4.08. The average molecular weight is 400 g/mol. The highest BCUT2D eigenvalue weighted by Gasteiger charge is 2.09. The Morgan fingerprint density at radius 1 is 0.419 bits per heavy atom. The van der Waals surface area contributed by atoms with E-state index in [9.17, 15) is 0 Å². The summed E-state index contributed by atoms with van der Waals surface area (Å²) in [5, 5.41) is 2.55. The Kier molecular flexibility index (Phi) is 5.49. The number of benzene rings is 5. The van der Waals surface area contributed by atoms with Gasteiger partial charge in [-0.1, -0.05) is 109 Å². The Labute approximate surface area is 184 Å². The summed E-state index contributed by atoms with van der Waals surface area (Å²) in [6, 6.07) is 45.5. The van der Waals surface area contributed by atoms with Crippen LogP contribution in [0.1, 0.15) is 11.1 Å². The molecule has 5 aromatic carbocycles. The van der Waals surface area contributed by atoms with Crippen LogP contribution >= 0.6 is 0 Å². The van der Waals surface area contributed by atoms with Crippen molar-refractivity contribution < 1.29 is 0 Å². The molecule has 0 N–H and O–H groups in total. The van der Waals surface area contributed by atoms with Crippen molar-refractivity contribution in [3.63, 3.8) is 0 Å². The van der Waals surface area contributed by atoms with Gasteiger partial charge in [0, 0.05) is 18.8 Å². The molecule has 0 radical (unpaired) electrons. The van der Waals surface area contributed by atoms with Crippen LogP contribution in [0.4, 0.5) is 5.69 Å². The molecule has 0 bridgehead atoms. The third kappa shape index (κ3) is 4.51. The van der Waals surface area contributed by atoms with E-state index in [1.54, 1.807) is 0 Å². The second-order valence-electron chi connectivity index (χ2n) is 7.94. The normalized spacial score (nSPS) is 10.8. The van der Waals surface area contributed by atoms with Gasteiger partial charge in [-0.25, -0.2) is 0 Å². The van der Waals surface area contributed by atoms with Gasteiger partial charge >= 0.3 is 0 Å². The lowest BCUT2D eigenvalue weighted by molar-refractivity contribution is 0.800. The molecule has 0 heterocycles. The molecule has 1 heteroatoms. The quantitative estimate of drug-likeness (QED) is 0.282. The molecule has 0 amide bonds. The minimum Gasteiger partial charge on any atom is -0.363 e. The minimum atomic E-state index is 0.880. The third-order valence-corrected chi connectivity index (χ3v) is 5.75. The Morgan fingerprint density at radius 3 is 1.55 bits per heavy atom. The van der Waals surface area contributed by atoms with Gasteiger partial charge in [0.2, 0.25) is 0 Å². The maximum atomic E-state index is 2.44. The molecule has 0 unspecified atom stereocenters. The zero-order valence-corrected chi connectivity index (χ0v) is 17.5. The number of hydrogen-bond acceptors (Lipinski definition) is 1. The largest absolute Gasteiger partial charge is 0.363 e. The first-order valence-corrected chi connectivity index (χ1v) is 10.8. The summed E-state index contributed by atoms with van der Waals surface area (Å²) in [4.78, 5) is 2.44. The Morgan fingerprint density at radius 2 is 0.935 bits per heavy atom. The van der Waals surface area contributed by atoms with Crippen molar-refractivity contribution in [2.75, 3.05) is 4.90 Å². The topological polar surface area (TPSA) is 3.24 Å². The fraction of sp³-hybridized carbons (Fsp3) is 0.0667. The summed E-state index contributed by atoms with van der Waals surface area (Å²) in [5.41, 5.74) is 6.36. The van der Waals surface area contributed by atoms with E-state index in [2.05, 4.69) is 132 Å². The van der Waals surface area contributed by atoms with Crippen molar-refractivity contribution in [1.29, 1.82) is 0 Å². The van der Waals surface area contributed by atoms with Gasteiger partial charge in [0.15, 0.2) is 0 Å². The van der Waals surface area contributed by atoms with Gasteiger partial charge in [-0.05, 0) is 51.2 Å². The van der Waals surface area contributed by atoms with Crippen molar-refractivity contribution >= 4 is 16.5 Å². The van der Waals surface area contributed by atoms with Crippen LogP contribution in [0.2, 0.25) is 0 Å². The molecule has 0 aromatic heterocycles. The van der Waals surface area contributed by atoms with E-state index >= 15 is 0 Å². The summed E-state index contributed by atoms with van der Waals surface area (Å²) in [6.45, 7) is 1.76. The zero-order chi connectivity index (χ0) is 20.9. The molecule has 5 rings (SSSR count). The highest BCUT2D eigenvalue weighted by Crippen LogP contribution is 2.28. The molecule has 0 aliphatic carbocycles. The number of rotatable bonds is 6. The van der Waals surface area contributed by atoms with Crippen molar-refractivity contribution in [3.8, 4) is 11.1 Å². The van der Waals surface area contributed by atoms with Gasteiger partial charge in [-0.2, -0.15) is 0 Å². The molecule has 150 valence electrons. The highest BCUT2D eigenvalue weighted by atomic mass is 15.1. The van der Waals surface area contributed by atoms with E-state index in [0.717, 1.165) is 13.1 Å². The zero-order valence-electron chi connectivity index (χ0n) is 17.5. The first-order chi connectivity index (χ1) is 15.3. The molecule has 0 atom stereocenters. The molecule has 0 aliphatic rings. The summed E-state index contributed by atoms with van der Waals surface area (Å²) in [7, 11) is 0.